The fraction of sp³-hybridized carbons (Fsp3) is 0.500. The zero-order valence-corrected chi connectivity index (χ0v) is 4.29. The van der Waals surface area contributed by atoms with Crippen molar-refractivity contribution >= 4 is 12.6 Å². The molecule has 0 aromatic rings. The minimum Gasteiger partial charge on any atom is -0.337 e. The molecule has 1 aliphatic rings. The minimum atomic E-state index is 0.0208. The number of nitrogens with zero attached hydrogens (tertiary/aromatic N) is 1. The largest absolute Gasteiger partial charge is 0.337 e. The van der Waals surface area contributed by atoms with E-state index < -0.39 is 0 Å². The lowest BCUT2D eigenvalue weighted by atomic mass is 10.4. The van der Waals surface area contributed by atoms with Gasteiger partial charge in [0.25, 0.3) is 0 Å². The summed E-state index contributed by atoms with van der Waals surface area (Å²) in [7, 11) is 0. The SMILES string of the molecule is O=CNC1CC=NN1. The molecule has 4 nitrogen and oxygen atoms in total. The maximum atomic E-state index is 9.75. The number of hydrogen-bond acceptors (Lipinski definition) is 3. The molecule has 0 saturated carbocycles. The Morgan fingerprint density at radius 3 is 3.38 bits per heavy atom. The van der Waals surface area contributed by atoms with Gasteiger partial charge in [-0.05, 0) is 0 Å². The van der Waals surface area contributed by atoms with E-state index in [2.05, 4.69) is 15.8 Å². The maximum Gasteiger partial charge on any atom is 0.208 e. The van der Waals surface area contributed by atoms with Crippen LogP contribution < -0.4 is 10.7 Å². The molecular formula is C4H7N3O. The average Bonchev–Trinajstić information content (AvgIpc) is 2.19. The Morgan fingerprint density at radius 1 is 2.00 bits per heavy atom. The van der Waals surface area contributed by atoms with Crippen LogP contribution in [0.5, 0.6) is 0 Å². The van der Waals surface area contributed by atoms with Crippen molar-refractivity contribution in [3.8, 4) is 0 Å². The first kappa shape index (κ1) is 5.08. The third-order valence-electron chi connectivity index (χ3n) is 0.932. The highest BCUT2D eigenvalue weighted by molar-refractivity contribution is 5.61. The Morgan fingerprint density at radius 2 is 2.88 bits per heavy atom. The van der Waals surface area contributed by atoms with Crippen LogP contribution in [-0.4, -0.2) is 18.8 Å². The Kier molecular flexibility index (Phi) is 1.46. The van der Waals surface area contributed by atoms with Gasteiger partial charge >= 0.3 is 0 Å². The van der Waals surface area contributed by atoms with Crippen LogP contribution in [0.1, 0.15) is 6.42 Å². The van der Waals surface area contributed by atoms with Crippen LogP contribution in [0.3, 0.4) is 0 Å². The van der Waals surface area contributed by atoms with Crippen molar-refractivity contribution in [2.24, 2.45) is 5.10 Å². The molecule has 0 saturated heterocycles. The lowest BCUT2D eigenvalue weighted by molar-refractivity contribution is -0.110. The van der Waals surface area contributed by atoms with Crippen LogP contribution in [0.2, 0.25) is 0 Å². The first-order valence-corrected chi connectivity index (χ1v) is 2.40. The lowest BCUT2D eigenvalue weighted by Gasteiger charge is -2.04. The van der Waals surface area contributed by atoms with Crippen molar-refractivity contribution in [1.29, 1.82) is 0 Å². The molecule has 1 aliphatic heterocycles. The highest BCUT2D eigenvalue weighted by Gasteiger charge is 2.06. The van der Waals surface area contributed by atoms with E-state index in [1.807, 2.05) is 0 Å². The molecule has 0 radical (unpaired) electrons. The van der Waals surface area contributed by atoms with E-state index in [-0.39, 0.29) is 6.17 Å². The maximum absolute atomic E-state index is 9.75. The second-order valence-electron chi connectivity index (χ2n) is 1.51. The summed E-state index contributed by atoms with van der Waals surface area (Å²) < 4.78 is 0. The van der Waals surface area contributed by atoms with Crippen molar-refractivity contribution in [1.82, 2.24) is 10.7 Å². The van der Waals surface area contributed by atoms with Gasteiger partial charge in [0, 0.05) is 12.6 Å². The summed E-state index contributed by atoms with van der Waals surface area (Å²) in [5.74, 6) is 0. The van der Waals surface area contributed by atoms with Crippen molar-refractivity contribution in [2.45, 2.75) is 12.6 Å². The second kappa shape index (κ2) is 2.30. The molecule has 1 atom stereocenters. The molecule has 4 heteroatoms. The molecule has 44 valence electrons. The van der Waals surface area contributed by atoms with Crippen LogP contribution in [0.25, 0.3) is 0 Å². The van der Waals surface area contributed by atoms with Crippen LogP contribution in [0.15, 0.2) is 5.10 Å². The van der Waals surface area contributed by atoms with Gasteiger partial charge in [0.15, 0.2) is 0 Å². The number of amides is 1. The summed E-state index contributed by atoms with van der Waals surface area (Å²) in [5, 5.41) is 6.21. The molecule has 2 N–H and O–H groups in total. The molecule has 1 amide bonds. The van der Waals surface area contributed by atoms with E-state index in [0.717, 1.165) is 6.42 Å². The van der Waals surface area contributed by atoms with Gasteiger partial charge in [-0.25, -0.2) is 0 Å². The van der Waals surface area contributed by atoms with Crippen LogP contribution in [0.4, 0.5) is 0 Å². The number of nitrogens with one attached hydrogen (secondary N) is 2. The van der Waals surface area contributed by atoms with Gasteiger partial charge in [0.2, 0.25) is 6.41 Å². The third kappa shape index (κ3) is 0.959. The van der Waals surface area contributed by atoms with E-state index in [0.29, 0.717) is 6.41 Å². The van der Waals surface area contributed by atoms with E-state index in [1.54, 1.807) is 6.21 Å². The van der Waals surface area contributed by atoms with Crippen molar-refractivity contribution in [3.05, 3.63) is 0 Å². The highest BCUT2D eigenvalue weighted by atomic mass is 16.1. The Hall–Kier alpha value is -1.06. The van der Waals surface area contributed by atoms with Gasteiger partial charge in [-0.3, -0.25) is 10.2 Å². The number of carbonyl (C=O) groups is 1. The first-order chi connectivity index (χ1) is 3.93. The van der Waals surface area contributed by atoms with Gasteiger partial charge in [-0.1, -0.05) is 0 Å². The third-order valence-corrected chi connectivity index (χ3v) is 0.932. The summed E-state index contributed by atoms with van der Waals surface area (Å²) >= 11 is 0. The number of hydrogen-bond donors (Lipinski definition) is 2. The molecular weight excluding hydrogens is 106 g/mol. The molecule has 0 aromatic carbocycles. The molecule has 0 spiro atoms. The molecule has 1 unspecified atom stereocenters. The summed E-state index contributed by atoms with van der Waals surface area (Å²) in [6.07, 6.45) is 3.18. The zero-order valence-electron chi connectivity index (χ0n) is 4.29. The number of rotatable bonds is 2. The van der Waals surface area contributed by atoms with Crippen molar-refractivity contribution in [3.63, 3.8) is 0 Å². The van der Waals surface area contributed by atoms with Crippen LogP contribution in [-0.2, 0) is 4.79 Å². The topological polar surface area (TPSA) is 53.5 Å². The van der Waals surface area contributed by atoms with Gasteiger partial charge in [-0.2, -0.15) is 5.10 Å². The van der Waals surface area contributed by atoms with Gasteiger partial charge in [0.1, 0.15) is 6.17 Å². The van der Waals surface area contributed by atoms with Crippen LogP contribution >= 0.6 is 0 Å². The number of hydrazone groups is 1. The van der Waals surface area contributed by atoms with Crippen molar-refractivity contribution < 1.29 is 4.79 Å². The standard InChI is InChI=1S/C4H7N3O/c8-3-5-4-1-2-6-7-4/h2-4,7H,1H2,(H,5,8). The molecule has 0 aromatic heterocycles. The van der Waals surface area contributed by atoms with Crippen LogP contribution in [0, 0.1) is 0 Å². The fourth-order valence-corrected chi connectivity index (χ4v) is 0.541. The Bertz CT molecular complexity index is 104. The minimum absolute atomic E-state index is 0.0208. The second-order valence-corrected chi connectivity index (χ2v) is 1.51. The summed E-state index contributed by atoms with van der Waals surface area (Å²) in [6.45, 7) is 0. The van der Waals surface area contributed by atoms with Gasteiger partial charge in [-0.15, -0.1) is 0 Å². The zero-order chi connectivity index (χ0) is 5.82. The molecule has 8 heavy (non-hydrogen) atoms. The van der Waals surface area contributed by atoms with E-state index >= 15 is 0 Å². The summed E-state index contributed by atoms with van der Waals surface area (Å²) in [5.41, 5.74) is 2.68. The lowest BCUT2D eigenvalue weighted by Crippen LogP contribution is -2.35. The quantitative estimate of drug-likeness (QED) is 0.453. The van der Waals surface area contributed by atoms with E-state index in [9.17, 15) is 4.79 Å². The van der Waals surface area contributed by atoms with Gasteiger partial charge in [0.05, 0.1) is 0 Å². The normalized spacial score (nSPS) is 24.8. The summed E-state index contributed by atoms with van der Waals surface area (Å²) in [4.78, 5) is 9.75. The summed E-state index contributed by atoms with van der Waals surface area (Å²) in [6, 6.07) is 0. The monoisotopic (exact) mass is 113 g/mol. The Balaban J connectivity index is 2.19. The molecule has 1 rings (SSSR count). The van der Waals surface area contributed by atoms with Gasteiger partial charge < -0.3 is 5.32 Å². The van der Waals surface area contributed by atoms with E-state index in [4.69, 9.17) is 0 Å². The highest BCUT2D eigenvalue weighted by Crippen LogP contribution is 1.88. The molecule has 0 fully saturated rings. The predicted octanol–water partition coefficient (Wildman–Crippen LogP) is -0.962. The fourth-order valence-electron chi connectivity index (χ4n) is 0.541. The average molecular weight is 113 g/mol. The smallest absolute Gasteiger partial charge is 0.208 e. The predicted molar refractivity (Wildman–Crippen MR) is 29.2 cm³/mol. The van der Waals surface area contributed by atoms with E-state index in [1.165, 1.54) is 0 Å². The Labute approximate surface area is 47.0 Å². The van der Waals surface area contributed by atoms with Crippen molar-refractivity contribution in [2.75, 3.05) is 0 Å². The molecule has 0 bridgehead atoms. The molecule has 0 aliphatic carbocycles. The first-order valence-electron chi connectivity index (χ1n) is 2.40. The number of carbonyl (C=O) groups excluding carboxylic acids is 1. The molecule has 1 heterocycles.